The Morgan fingerprint density at radius 1 is 1.50 bits per heavy atom. The zero-order chi connectivity index (χ0) is 10.7. The van der Waals surface area contributed by atoms with E-state index in [4.69, 9.17) is 11.5 Å². The molecule has 0 aromatic heterocycles. The van der Waals surface area contributed by atoms with Crippen LogP contribution in [0.3, 0.4) is 0 Å². The number of carbonyl (C=O) groups excluding carboxylic acids is 1. The molecule has 4 heteroatoms. The van der Waals surface area contributed by atoms with Gasteiger partial charge in [0.1, 0.15) is 0 Å². The number of hydrogen-bond donors (Lipinski definition) is 2. The number of primary amides is 1. The summed E-state index contributed by atoms with van der Waals surface area (Å²) in [6, 6.07) is 5.60. The minimum atomic E-state index is -0.352. The van der Waals surface area contributed by atoms with Gasteiger partial charge in [-0.25, -0.2) is 0 Å². The highest BCUT2D eigenvalue weighted by atomic mass is 16.1. The number of nitrogens with zero attached hydrogens (tertiary/aromatic N) is 1. The molecule has 0 radical (unpaired) electrons. The van der Waals surface area contributed by atoms with Crippen molar-refractivity contribution < 1.29 is 4.79 Å². The van der Waals surface area contributed by atoms with Gasteiger partial charge in [-0.3, -0.25) is 4.79 Å². The third-order valence-electron chi connectivity index (χ3n) is 2.15. The van der Waals surface area contributed by atoms with Crippen molar-refractivity contribution in [3.63, 3.8) is 0 Å². The number of rotatable bonds is 3. The summed E-state index contributed by atoms with van der Waals surface area (Å²) in [5, 5.41) is 0. The molecule has 0 aliphatic heterocycles. The summed E-state index contributed by atoms with van der Waals surface area (Å²) >= 11 is 0. The van der Waals surface area contributed by atoms with E-state index in [1.165, 1.54) is 0 Å². The van der Waals surface area contributed by atoms with Crippen LogP contribution < -0.4 is 16.4 Å². The van der Waals surface area contributed by atoms with Gasteiger partial charge in [0.25, 0.3) is 0 Å². The van der Waals surface area contributed by atoms with Crippen molar-refractivity contribution >= 4 is 17.3 Å². The fraction of sp³-hybridized carbons (Fsp3) is 0.300. The summed E-state index contributed by atoms with van der Waals surface area (Å²) in [6.07, 6.45) is 0. The summed E-state index contributed by atoms with van der Waals surface area (Å²) in [6.45, 7) is 2.12. The Kier molecular flexibility index (Phi) is 2.96. The Balaban J connectivity index is 2.95. The molecule has 0 spiro atoms. The lowest BCUT2D eigenvalue weighted by atomic mass is 10.1. The van der Waals surface area contributed by atoms with Gasteiger partial charge in [0, 0.05) is 18.4 Å². The van der Waals surface area contributed by atoms with Crippen LogP contribution >= 0.6 is 0 Å². The normalized spacial score (nSPS) is 9.86. The van der Waals surface area contributed by atoms with Crippen LogP contribution in [0.4, 0.5) is 11.4 Å². The minimum absolute atomic E-state index is 0.199. The Labute approximate surface area is 83.5 Å². The van der Waals surface area contributed by atoms with E-state index >= 15 is 0 Å². The van der Waals surface area contributed by atoms with E-state index in [-0.39, 0.29) is 12.5 Å². The smallest absolute Gasteiger partial charge is 0.236 e. The molecule has 14 heavy (non-hydrogen) atoms. The maximum Gasteiger partial charge on any atom is 0.236 e. The molecule has 0 fully saturated rings. The number of likely N-dealkylation sites (N-methyl/N-ethyl adjacent to an activating group) is 1. The molecule has 4 N–H and O–H groups in total. The molecular formula is C10H15N3O. The van der Waals surface area contributed by atoms with Gasteiger partial charge in [0.15, 0.2) is 0 Å². The number of hydrogen-bond acceptors (Lipinski definition) is 3. The highest BCUT2D eigenvalue weighted by Crippen LogP contribution is 2.23. The van der Waals surface area contributed by atoms with Crippen LogP contribution in [0.2, 0.25) is 0 Å². The number of amides is 1. The molecular weight excluding hydrogens is 178 g/mol. The molecule has 4 nitrogen and oxygen atoms in total. The summed E-state index contributed by atoms with van der Waals surface area (Å²) in [4.78, 5) is 12.5. The fourth-order valence-electron chi connectivity index (χ4n) is 1.37. The van der Waals surface area contributed by atoms with Gasteiger partial charge in [-0.2, -0.15) is 0 Å². The van der Waals surface area contributed by atoms with E-state index in [1.54, 1.807) is 4.90 Å². The first-order valence-electron chi connectivity index (χ1n) is 4.37. The number of nitrogens with two attached hydrogens (primary N) is 2. The van der Waals surface area contributed by atoms with E-state index in [0.717, 1.165) is 16.9 Å². The maximum absolute atomic E-state index is 10.7. The van der Waals surface area contributed by atoms with Crippen LogP contribution in [-0.4, -0.2) is 19.5 Å². The first-order chi connectivity index (χ1) is 6.52. The van der Waals surface area contributed by atoms with Gasteiger partial charge in [-0.15, -0.1) is 0 Å². The highest BCUT2D eigenvalue weighted by Gasteiger charge is 2.07. The average molecular weight is 193 g/mol. The summed E-state index contributed by atoms with van der Waals surface area (Å²) in [5.41, 5.74) is 13.5. The van der Waals surface area contributed by atoms with Gasteiger partial charge in [-0.1, -0.05) is 6.07 Å². The van der Waals surface area contributed by atoms with E-state index in [0.29, 0.717) is 0 Å². The first kappa shape index (κ1) is 10.4. The molecule has 1 amide bonds. The Hall–Kier alpha value is -1.71. The molecule has 1 rings (SSSR count). The third-order valence-corrected chi connectivity index (χ3v) is 2.15. The van der Waals surface area contributed by atoms with Gasteiger partial charge >= 0.3 is 0 Å². The second kappa shape index (κ2) is 4.00. The van der Waals surface area contributed by atoms with Crippen LogP contribution in [0.1, 0.15) is 5.56 Å². The highest BCUT2D eigenvalue weighted by molar-refractivity contribution is 5.80. The van der Waals surface area contributed by atoms with Crippen molar-refractivity contribution in [2.24, 2.45) is 5.73 Å². The van der Waals surface area contributed by atoms with Gasteiger partial charge in [-0.05, 0) is 24.6 Å². The molecule has 1 aromatic rings. The maximum atomic E-state index is 10.7. The predicted molar refractivity (Wildman–Crippen MR) is 58.1 cm³/mol. The Morgan fingerprint density at radius 2 is 2.14 bits per heavy atom. The fourth-order valence-corrected chi connectivity index (χ4v) is 1.37. The zero-order valence-electron chi connectivity index (χ0n) is 8.45. The SMILES string of the molecule is Cc1c(N)cccc1N(C)CC(N)=O. The van der Waals surface area contributed by atoms with E-state index in [9.17, 15) is 4.79 Å². The molecule has 0 heterocycles. The predicted octanol–water partition coefficient (Wildman–Crippen LogP) is 0.499. The Bertz CT molecular complexity index is 349. The van der Waals surface area contributed by atoms with Crippen LogP contribution in [0.15, 0.2) is 18.2 Å². The Morgan fingerprint density at radius 3 is 2.71 bits per heavy atom. The van der Waals surface area contributed by atoms with Crippen molar-refractivity contribution in [1.29, 1.82) is 0 Å². The van der Waals surface area contributed by atoms with Crippen molar-refractivity contribution in [2.45, 2.75) is 6.92 Å². The summed E-state index contributed by atoms with van der Waals surface area (Å²) in [5.74, 6) is -0.352. The topological polar surface area (TPSA) is 72.3 Å². The second-order valence-corrected chi connectivity index (χ2v) is 3.31. The number of anilines is 2. The second-order valence-electron chi connectivity index (χ2n) is 3.31. The summed E-state index contributed by atoms with van der Waals surface area (Å²) in [7, 11) is 1.81. The first-order valence-corrected chi connectivity index (χ1v) is 4.37. The number of carbonyl (C=O) groups is 1. The molecule has 0 bridgehead atoms. The summed E-state index contributed by atoms with van der Waals surface area (Å²) < 4.78 is 0. The molecule has 1 aromatic carbocycles. The molecule has 0 aliphatic carbocycles. The number of nitrogen functional groups attached to an aromatic ring is 1. The standard InChI is InChI=1S/C10H15N3O/c1-7-8(11)4-3-5-9(7)13(2)6-10(12)14/h3-5H,6,11H2,1-2H3,(H2,12,14). The lowest BCUT2D eigenvalue weighted by Gasteiger charge is -2.20. The van der Waals surface area contributed by atoms with Crippen molar-refractivity contribution in [2.75, 3.05) is 24.2 Å². The number of benzene rings is 1. The average Bonchev–Trinajstić information content (AvgIpc) is 2.08. The van der Waals surface area contributed by atoms with E-state index < -0.39 is 0 Å². The van der Waals surface area contributed by atoms with Crippen molar-refractivity contribution in [3.8, 4) is 0 Å². The third kappa shape index (κ3) is 2.16. The van der Waals surface area contributed by atoms with Crippen molar-refractivity contribution in [3.05, 3.63) is 23.8 Å². The van der Waals surface area contributed by atoms with Crippen LogP contribution in [0.5, 0.6) is 0 Å². The largest absolute Gasteiger partial charge is 0.398 e. The van der Waals surface area contributed by atoms with Crippen molar-refractivity contribution in [1.82, 2.24) is 0 Å². The van der Waals surface area contributed by atoms with E-state index in [1.807, 2.05) is 32.2 Å². The quantitative estimate of drug-likeness (QED) is 0.686. The van der Waals surface area contributed by atoms with E-state index in [2.05, 4.69) is 0 Å². The van der Waals surface area contributed by atoms with Crippen LogP contribution in [0, 0.1) is 6.92 Å². The molecule has 0 atom stereocenters. The minimum Gasteiger partial charge on any atom is -0.398 e. The monoisotopic (exact) mass is 193 g/mol. The van der Waals surface area contributed by atoms with Gasteiger partial charge in [0.2, 0.25) is 5.91 Å². The molecule has 0 aliphatic rings. The molecule has 76 valence electrons. The zero-order valence-corrected chi connectivity index (χ0v) is 8.45. The van der Waals surface area contributed by atoms with Gasteiger partial charge in [0.05, 0.1) is 6.54 Å². The van der Waals surface area contributed by atoms with Crippen LogP contribution in [0.25, 0.3) is 0 Å². The lowest BCUT2D eigenvalue weighted by Crippen LogP contribution is -2.30. The van der Waals surface area contributed by atoms with Crippen LogP contribution in [-0.2, 0) is 4.79 Å². The lowest BCUT2D eigenvalue weighted by molar-refractivity contribution is -0.116. The van der Waals surface area contributed by atoms with Gasteiger partial charge < -0.3 is 16.4 Å². The molecule has 0 saturated heterocycles. The molecule has 0 unspecified atom stereocenters. The molecule has 0 saturated carbocycles.